The van der Waals surface area contributed by atoms with E-state index in [1.165, 1.54) is 39.2 Å². The van der Waals surface area contributed by atoms with Crippen molar-refractivity contribution in [1.82, 2.24) is 0 Å². The van der Waals surface area contributed by atoms with E-state index in [1.54, 1.807) is 6.92 Å². The van der Waals surface area contributed by atoms with Gasteiger partial charge in [-0.05, 0) is 98.7 Å². The quantitative estimate of drug-likeness (QED) is 0.293. The summed E-state index contributed by atoms with van der Waals surface area (Å²) < 4.78 is 4.82. The Kier molecular flexibility index (Phi) is 6.55. The molecule has 0 saturated heterocycles. The summed E-state index contributed by atoms with van der Waals surface area (Å²) in [7, 11) is 1.46. The Morgan fingerprint density at radius 2 is 1.81 bits per heavy atom. The second-order valence-corrected chi connectivity index (χ2v) is 12.1. The number of ketones is 1. The molecule has 0 spiro atoms. The van der Waals surface area contributed by atoms with Crippen LogP contribution in [0, 0.1) is 46.3 Å². The molecule has 0 heterocycles. The predicted molar refractivity (Wildman–Crippen MR) is 126 cm³/mol. The van der Waals surface area contributed by atoms with Crippen molar-refractivity contribution in [3.8, 4) is 0 Å². The van der Waals surface area contributed by atoms with Crippen molar-refractivity contribution in [3.05, 3.63) is 11.3 Å². The first kappa shape index (κ1) is 23.8. The summed E-state index contributed by atoms with van der Waals surface area (Å²) >= 11 is 0. The van der Waals surface area contributed by atoms with Gasteiger partial charge in [-0.25, -0.2) is 0 Å². The third-order valence-electron chi connectivity index (χ3n) is 10.7. The molecule has 0 radical (unpaired) electrons. The Morgan fingerprint density at radius 3 is 2.50 bits per heavy atom. The van der Waals surface area contributed by atoms with Gasteiger partial charge in [-0.2, -0.15) is 0 Å². The zero-order chi connectivity index (χ0) is 23.3. The van der Waals surface area contributed by atoms with Gasteiger partial charge in [0.2, 0.25) is 0 Å². The molecule has 4 rings (SSSR count). The molecule has 180 valence electrons. The number of rotatable bonds is 5. The van der Waals surface area contributed by atoms with Crippen molar-refractivity contribution in [1.29, 1.82) is 0 Å². The lowest BCUT2D eigenvalue weighted by Gasteiger charge is -2.60. The number of carbonyl (C=O) groups excluding carboxylic acids is 2. The third-order valence-corrected chi connectivity index (χ3v) is 10.7. The number of carbonyl (C=O) groups is 2. The number of allylic oxidation sites excluding steroid dienone is 2. The molecule has 1 unspecified atom stereocenters. The van der Waals surface area contributed by atoms with Crippen LogP contribution in [0.3, 0.4) is 0 Å². The molecule has 0 amide bonds. The number of aliphatic hydroxyl groups is 1. The molecule has 0 aromatic rings. The molecule has 4 saturated carbocycles. The number of aliphatic hydroxyl groups excluding tert-OH is 1. The van der Waals surface area contributed by atoms with Gasteiger partial charge in [0.1, 0.15) is 0 Å². The Balaban J connectivity index is 1.59. The van der Waals surface area contributed by atoms with Crippen LogP contribution in [0.4, 0.5) is 0 Å². The number of esters is 1. The summed E-state index contributed by atoms with van der Waals surface area (Å²) in [4.78, 5) is 25.5. The minimum atomic E-state index is -0.116. The molecular formula is C28H44O4. The fourth-order valence-corrected chi connectivity index (χ4v) is 9.15. The van der Waals surface area contributed by atoms with Gasteiger partial charge in [-0.15, -0.1) is 0 Å². The lowest BCUT2D eigenvalue weighted by molar-refractivity contribution is -0.147. The summed E-state index contributed by atoms with van der Waals surface area (Å²) in [5, 5.41) is 10.6. The van der Waals surface area contributed by atoms with Gasteiger partial charge >= 0.3 is 5.97 Å². The molecule has 0 bridgehead atoms. The molecule has 1 N–H and O–H groups in total. The predicted octanol–water partition coefficient (Wildman–Crippen LogP) is 6.64. The highest BCUT2D eigenvalue weighted by atomic mass is 16.5. The highest BCUT2D eigenvalue weighted by molar-refractivity contribution is 5.99. The first-order valence-electron chi connectivity index (χ1n) is 13.2. The second kappa shape index (κ2) is 8.80. The normalized spacial score (nSPS) is 43.7. The van der Waals surface area contributed by atoms with Crippen LogP contribution < -0.4 is 0 Å². The van der Waals surface area contributed by atoms with E-state index in [2.05, 4.69) is 20.8 Å². The topological polar surface area (TPSA) is 63.6 Å². The zero-order valence-corrected chi connectivity index (χ0v) is 20.9. The van der Waals surface area contributed by atoms with Crippen LogP contribution in [-0.4, -0.2) is 24.0 Å². The average Bonchev–Trinajstić information content (AvgIpc) is 3.10. The van der Waals surface area contributed by atoms with Crippen molar-refractivity contribution < 1.29 is 19.4 Å². The van der Waals surface area contributed by atoms with Crippen molar-refractivity contribution in [2.45, 2.75) is 98.3 Å². The summed E-state index contributed by atoms with van der Waals surface area (Å²) in [6.45, 7) is 8.99. The fourth-order valence-electron chi connectivity index (χ4n) is 9.15. The van der Waals surface area contributed by atoms with E-state index < -0.39 is 0 Å². The largest absolute Gasteiger partial charge is 0.512 e. The highest BCUT2D eigenvalue weighted by Crippen LogP contribution is 2.68. The van der Waals surface area contributed by atoms with Gasteiger partial charge in [0.15, 0.2) is 5.78 Å². The van der Waals surface area contributed by atoms with Gasteiger partial charge < -0.3 is 9.84 Å². The standard InChI is InChI=1S/C28H44O4/c1-17(9-8-11-23(30)32-5)19-12-13-21-25-22(14-16-28(19,21)4)27(3)15-7-6-10-20(27)24(18(2)29)26(25)31/h17,19-22,25,29H,6-16H2,1-5H3/t17?,19-,20+,21+,22+,25+,27+,28-/m1/s1. The SMILES string of the molecule is COC(=O)CCCC(C)[C@H]1CC[C@H]2[C@@H]3C(=O)C(=C(C)O)[C@@H]4CCCC[C@]4(C)[C@H]3CC[C@]12C. The molecule has 4 aliphatic carbocycles. The molecule has 0 aromatic carbocycles. The lowest BCUT2D eigenvalue weighted by atomic mass is 9.43. The number of Topliss-reactive ketones (excluding diaryl/α,β-unsaturated/α-hetero) is 1. The van der Waals surface area contributed by atoms with Crippen molar-refractivity contribution in [2.75, 3.05) is 7.11 Å². The van der Waals surface area contributed by atoms with Gasteiger partial charge in [-0.1, -0.05) is 33.6 Å². The van der Waals surface area contributed by atoms with E-state index in [4.69, 9.17) is 4.74 Å². The molecule has 4 aliphatic rings. The maximum atomic E-state index is 14.0. The second-order valence-electron chi connectivity index (χ2n) is 12.1. The molecule has 8 atom stereocenters. The van der Waals surface area contributed by atoms with Crippen LogP contribution >= 0.6 is 0 Å². The first-order valence-corrected chi connectivity index (χ1v) is 13.2. The van der Waals surface area contributed by atoms with Gasteiger partial charge in [0.25, 0.3) is 0 Å². The van der Waals surface area contributed by atoms with E-state index in [1.807, 2.05) is 0 Å². The van der Waals surface area contributed by atoms with E-state index in [9.17, 15) is 14.7 Å². The summed E-state index contributed by atoms with van der Waals surface area (Å²) in [6, 6.07) is 0. The van der Waals surface area contributed by atoms with Crippen molar-refractivity contribution in [3.63, 3.8) is 0 Å². The molecule has 4 nitrogen and oxygen atoms in total. The Bertz CT molecular complexity index is 780. The van der Waals surface area contributed by atoms with Crippen LogP contribution in [0.1, 0.15) is 98.3 Å². The number of hydrogen-bond acceptors (Lipinski definition) is 4. The maximum absolute atomic E-state index is 14.0. The minimum Gasteiger partial charge on any atom is -0.512 e. The fraction of sp³-hybridized carbons (Fsp3) is 0.857. The molecule has 32 heavy (non-hydrogen) atoms. The van der Waals surface area contributed by atoms with Crippen LogP contribution in [0.5, 0.6) is 0 Å². The van der Waals surface area contributed by atoms with E-state index in [-0.39, 0.29) is 40.2 Å². The monoisotopic (exact) mass is 444 g/mol. The Hall–Kier alpha value is -1.32. The molecule has 0 aromatic heterocycles. The van der Waals surface area contributed by atoms with Crippen LogP contribution in [0.15, 0.2) is 11.3 Å². The Morgan fingerprint density at radius 1 is 1.09 bits per heavy atom. The molecule has 4 heteroatoms. The van der Waals surface area contributed by atoms with Crippen LogP contribution in [0.25, 0.3) is 0 Å². The summed E-state index contributed by atoms with van der Waals surface area (Å²) in [6.07, 6.45) is 11.8. The molecule has 0 aliphatic heterocycles. The highest BCUT2D eigenvalue weighted by Gasteiger charge is 2.64. The van der Waals surface area contributed by atoms with E-state index in [0.717, 1.165) is 37.7 Å². The number of methoxy groups -OCH3 is 1. The van der Waals surface area contributed by atoms with Crippen LogP contribution in [-0.2, 0) is 14.3 Å². The summed E-state index contributed by atoms with van der Waals surface area (Å²) in [5.41, 5.74) is 1.13. The van der Waals surface area contributed by atoms with Gasteiger partial charge in [0, 0.05) is 17.9 Å². The van der Waals surface area contributed by atoms with Crippen molar-refractivity contribution >= 4 is 11.8 Å². The molecular weight excluding hydrogens is 400 g/mol. The van der Waals surface area contributed by atoms with Gasteiger partial charge in [0.05, 0.1) is 12.9 Å². The van der Waals surface area contributed by atoms with Gasteiger partial charge in [-0.3, -0.25) is 9.59 Å². The minimum absolute atomic E-state index is 0.0810. The molecule has 4 fully saturated rings. The summed E-state index contributed by atoms with van der Waals surface area (Å²) in [5.74, 6) is 2.83. The first-order chi connectivity index (χ1) is 15.1. The average molecular weight is 445 g/mol. The van der Waals surface area contributed by atoms with E-state index >= 15 is 0 Å². The number of fused-ring (bicyclic) bond motifs is 5. The van der Waals surface area contributed by atoms with Crippen LogP contribution in [0.2, 0.25) is 0 Å². The zero-order valence-electron chi connectivity index (χ0n) is 20.9. The Labute approximate surface area is 194 Å². The maximum Gasteiger partial charge on any atom is 0.305 e. The smallest absolute Gasteiger partial charge is 0.305 e. The lowest BCUT2D eigenvalue weighted by Crippen LogP contribution is -2.57. The van der Waals surface area contributed by atoms with E-state index in [0.29, 0.717) is 30.1 Å². The van der Waals surface area contributed by atoms with Crippen molar-refractivity contribution in [2.24, 2.45) is 46.3 Å². The third kappa shape index (κ3) is 3.64. The number of hydrogen-bond donors (Lipinski definition) is 1. The number of ether oxygens (including phenoxy) is 1.